The molecular weight excluding hydrogens is 266 g/mol. The van der Waals surface area contributed by atoms with Crippen molar-refractivity contribution < 1.29 is 14.3 Å². The van der Waals surface area contributed by atoms with Crippen LogP contribution in [0.5, 0.6) is 0 Å². The maximum atomic E-state index is 12.1. The lowest BCUT2D eigenvalue weighted by atomic mass is 9.95. The lowest BCUT2D eigenvalue weighted by Gasteiger charge is -2.29. The van der Waals surface area contributed by atoms with Crippen LogP contribution in [0.2, 0.25) is 0 Å². The van der Waals surface area contributed by atoms with E-state index in [1.165, 1.54) is 6.92 Å². The van der Waals surface area contributed by atoms with Crippen LogP contribution in [-0.4, -0.2) is 18.5 Å². The topological polar surface area (TPSA) is 46.6 Å². The van der Waals surface area contributed by atoms with E-state index >= 15 is 0 Å². The van der Waals surface area contributed by atoms with E-state index in [2.05, 4.69) is 0 Å². The molecule has 0 N–H and O–H groups in total. The lowest BCUT2D eigenvalue weighted by molar-refractivity contribution is -0.138. The number of ether oxygens (including phenoxy) is 1. The van der Waals surface area contributed by atoms with Crippen molar-refractivity contribution in [2.24, 2.45) is 0 Å². The molecule has 0 unspecified atom stereocenters. The summed E-state index contributed by atoms with van der Waals surface area (Å²) in [5.74, 6) is -0.380. The first-order valence-corrected chi connectivity index (χ1v) is 7.40. The molecule has 0 saturated heterocycles. The number of allylic oxidation sites excluding steroid dienone is 1. The Morgan fingerprint density at radius 3 is 2.43 bits per heavy atom. The molecule has 2 rings (SSSR count). The fourth-order valence-electron chi connectivity index (χ4n) is 2.68. The highest BCUT2D eigenvalue weighted by molar-refractivity contribution is 5.98. The van der Waals surface area contributed by atoms with Crippen LogP contribution in [0.3, 0.4) is 0 Å². The zero-order valence-electron chi connectivity index (χ0n) is 12.6. The molecule has 21 heavy (non-hydrogen) atoms. The minimum atomic E-state index is -0.297. The van der Waals surface area contributed by atoms with Gasteiger partial charge >= 0.3 is 5.97 Å². The van der Waals surface area contributed by atoms with Gasteiger partial charge in [0.05, 0.1) is 12.2 Å². The zero-order valence-corrected chi connectivity index (χ0v) is 12.6. The van der Waals surface area contributed by atoms with Gasteiger partial charge < -0.3 is 4.74 Å². The van der Waals surface area contributed by atoms with Crippen LogP contribution in [-0.2, 0) is 14.3 Å². The number of benzene rings is 1. The summed E-state index contributed by atoms with van der Waals surface area (Å²) >= 11 is 0. The summed E-state index contributed by atoms with van der Waals surface area (Å²) in [4.78, 5) is 25.9. The van der Waals surface area contributed by atoms with Crippen molar-refractivity contribution in [1.29, 1.82) is 0 Å². The average Bonchev–Trinajstić information content (AvgIpc) is 2.49. The highest BCUT2D eigenvalue weighted by atomic mass is 16.5. The zero-order chi connectivity index (χ0) is 15.2. The molecule has 0 aliphatic heterocycles. The number of anilines is 1. The minimum Gasteiger partial charge on any atom is -0.463 e. The van der Waals surface area contributed by atoms with Crippen molar-refractivity contribution in [3.8, 4) is 0 Å². The van der Waals surface area contributed by atoms with E-state index in [-0.39, 0.29) is 11.9 Å². The van der Waals surface area contributed by atoms with Gasteiger partial charge in [0.1, 0.15) is 0 Å². The molecule has 1 aromatic carbocycles. The molecule has 1 aliphatic carbocycles. The Bertz CT molecular complexity index is 548. The normalized spacial score (nSPS) is 14.8. The van der Waals surface area contributed by atoms with Crippen LogP contribution < -0.4 is 4.90 Å². The first-order valence-electron chi connectivity index (χ1n) is 7.40. The van der Waals surface area contributed by atoms with Gasteiger partial charge in [0.25, 0.3) is 0 Å². The number of hydrogen-bond acceptors (Lipinski definition) is 3. The summed E-state index contributed by atoms with van der Waals surface area (Å²) in [5.41, 5.74) is 2.23. The van der Waals surface area contributed by atoms with E-state index in [4.69, 9.17) is 4.74 Å². The SMILES string of the molecule is CCOC(=O)C1=C(N(C(C)=O)c2ccccc2)CCCC1. The third-order valence-corrected chi connectivity index (χ3v) is 3.56. The highest BCUT2D eigenvalue weighted by Crippen LogP contribution is 2.31. The van der Waals surface area contributed by atoms with Crippen LogP contribution in [0.25, 0.3) is 0 Å². The summed E-state index contributed by atoms with van der Waals surface area (Å²) in [7, 11) is 0. The Balaban J connectivity index is 2.45. The molecule has 0 heterocycles. The summed E-state index contributed by atoms with van der Waals surface area (Å²) in [6.07, 6.45) is 3.33. The molecule has 0 spiro atoms. The van der Waals surface area contributed by atoms with Crippen molar-refractivity contribution in [2.75, 3.05) is 11.5 Å². The Kier molecular flexibility index (Phi) is 5.14. The molecule has 112 valence electrons. The van der Waals surface area contributed by atoms with Gasteiger partial charge in [-0.15, -0.1) is 0 Å². The second-order valence-corrected chi connectivity index (χ2v) is 5.04. The highest BCUT2D eigenvalue weighted by Gasteiger charge is 2.27. The number of amides is 1. The predicted molar refractivity (Wildman–Crippen MR) is 81.7 cm³/mol. The first-order chi connectivity index (χ1) is 10.1. The van der Waals surface area contributed by atoms with E-state index in [1.54, 1.807) is 11.8 Å². The van der Waals surface area contributed by atoms with Crippen LogP contribution >= 0.6 is 0 Å². The molecule has 0 fully saturated rings. The molecule has 0 atom stereocenters. The molecule has 0 bridgehead atoms. The van der Waals surface area contributed by atoms with Crippen molar-refractivity contribution in [3.63, 3.8) is 0 Å². The summed E-state index contributed by atoms with van der Waals surface area (Å²) in [6.45, 7) is 3.67. The molecule has 4 heteroatoms. The van der Waals surface area contributed by atoms with Crippen molar-refractivity contribution in [3.05, 3.63) is 41.6 Å². The summed E-state index contributed by atoms with van der Waals surface area (Å²) in [5, 5.41) is 0. The van der Waals surface area contributed by atoms with E-state index in [0.29, 0.717) is 18.6 Å². The average molecular weight is 287 g/mol. The van der Waals surface area contributed by atoms with Gasteiger partial charge in [0, 0.05) is 18.3 Å². The van der Waals surface area contributed by atoms with E-state index in [0.717, 1.165) is 30.6 Å². The number of carbonyl (C=O) groups is 2. The monoisotopic (exact) mass is 287 g/mol. The second-order valence-electron chi connectivity index (χ2n) is 5.04. The van der Waals surface area contributed by atoms with E-state index < -0.39 is 0 Å². The Labute approximate surface area is 125 Å². The lowest BCUT2D eigenvalue weighted by Crippen LogP contribution is -2.31. The second kappa shape index (κ2) is 7.07. The molecule has 4 nitrogen and oxygen atoms in total. The number of para-hydroxylation sites is 1. The first kappa shape index (κ1) is 15.3. The van der Waals surface area contributed by atoms with Crippen LogP contribution in [0.15, 0.2) is 41.6 Å². The molecule has 1 aromatic rings. The smallest absolute Gasteiger partial charge is 0.335 e. The third-order valence-electron chi connectivity index (χ3n) is 3.56. The predicted octanol–water partition coefficient (Wildman–Crippen LogP) is 3.43. The Morgan fingerprint density at radius 1 is 1.14 bits per heavy atom. The van der Waals surface area contributed by atoms with E-state index in [1.807, 2.05) is 30.3 Å². The minimum absolute atomic E-state index is 0.0834. The maximum absolute atomic E-state index is 12.1. The van der Waals surface area contributed by atoms with E-state index in [9.17, 15) is 9.59 Å². The van der Waals surface area contributed by atoms with Crippen molar-refractivity contribution in [2.45, 2.75) is 39.5 Å². The van der Waals surface area contributed by atoms with Crippen LogP contribution in [0, 0.1) is 0 Å². The Morgan fingerprint density at radius 2 is 1.81 bits per heavy atom. The van der Waals surface area contributed by atoms with Crippen molar-refractivity contribution in [1.82, 2.24) is 0 Å². The number of hydrogen-bond donors (Lipinski definition) is 0. The van der Waals surface area contributed by atoms with Gasteiger partial charge in [-0.1, -0.05) is 18.2 Å². The van der Waals surface area contributed by atoms with Gasteiger partial charge in [0.15, 0.2) is 0 Å². The molecule has 1 aliphatic rings. The maximum Gasteiger partial charge on any atom is 0.335 e. The van der Waals surface area contributed by atoms with Crippen LogP contribution in [0.1, 0.15) is 39.5 Å². The molecular formula is C17H21NO3. The largest absolute Gasteiger partial charge is 0.463 e. The fraction of sp³-hybridized carbons (Fsp3) is 0.412. The standard InChI is InChI=1S/C17H21NO3/c1-3-21-17(20)15-11-7-8-12-16(15)18(13(2)19)14-9-5-4-6-10-14/h4-6,9-10H,3,7-8,11-12H2,1-2H3. The van der Waals surface area contributed by atoms with Crippen LogP contribution in [0.4, 0.5) is 5.69 Å². The molecule has 0 radical (unpaired) electrons. The van der Waals surface area contributed by atoms with Gasteiger partial charge in [-0.05, 0) is 44.7 Å². The molecule has 0 saturated carbocycles. The van der Waals surface area contributed by atoms with Crippen molar-refractivity contribution >= 4 is 17.6 Å². The summed E-state index contributed by atoms with van der Waals surface area (Å²) < 4.78 is 5.14. The van der Waals surface area contributed by atoms with Gasteiger partial charge in [-0.3, -0.25) is 9.69 Å². The number of esters is 1. The number of nitrogens with zero attached hydrogens (tertiary/aromatic N) is 1. The summed E-state index contributed by atoms with van der Waals surface area (Å²) in [6, 6.07) is 9.44. The van der Waals surface area contributed by atoms with Gasteiger partial charge in [-0.25, -0.2) is 4.79 Å². The molecule has 0 aromatic heterocycles. The number of carbonyl (C=O) groups excluding carboxylic acids is 2. The quantitative estimate of drug-likeness (QED) is 0.797. The fourth-order valence-corrected chi connectivity index (χ4v) is 2.68. The number of rotatable bonds is 4. The molecule has 1 amide bonds. The van der Waals surface area contributed by atoms with Gasteiger partial charge in [0.2, 0.25) is 5.91 Å². The Hall–Kier alpha value is -2.10. The third kappa shape index (κ3) is 3.51. The van der Waals surface area contributed by atoms with Gasteiger partial charge in [-0.2, -0.15) is 0 Å².